The topological polar surface area (TPSA) is 106 Å². The number of carbonyl (C=O) groups is 2. The maximum Gasteiger partial charge on any atom is 0.228 e. The van der Waals surface area contributed by atoms with Gasteiger partial charge in [-0.25, -0.2) is 4.68 Å². The van der Waals surface area contributed by atoms with E-state index in [1.54, 1.807) is 29.4 Å². The number of nitrogens with zero attached hydrogens (tertiary/aromatic N) is 6. The normalized spacial score (nSPS) is 13.1. The first-order chi connectivity index (χ1) is 14.5. The fraction of sp³-hybridized carbons (Fsp3) is 0.333. The molecule has 2 amide bonds. The van der Waals surface area contributed by atoms with Crippen molar-refractivity contribution >= 4 is 23.5 Å². The predicted molar refractivity (Wildman–Crippen MR) is 112 cm³/mol. The summed E-state index contributed by atoms with van der Waals surface area (Å²) in [5, 5.41) is 15.3. The number of carbonyl (C=O) groups excluding carboxylic acids is 2. The van der Waals surface area contributed by atoms with Crippen LogP contribution in [-0.4, -0.2) is 43.3 Å². The minimum absolute atomic E-state index is 0.0771. The quantitative estimate of drug-likeness (QED) is 0.699. The van der Waals surface area contributed by atoms with Gasteiger partial charge in [-0.1, -0.05) is 0 Å². The van der Waals surface area contributed by atoms with Gasteiger partial charge in [0, 0.05) is 50.0 Å². The number of hydrogen-bond acceptors (Lipinski definition) is 6. The third kappa shape index (κ3) is 4.35. The van der Waals surface area contributed by atoms with Crippen molar-refractivity contribution < 1.29 is 9.59 Å². The summed E-state index contributed by atoms with van der Waals surface area (Å²) in [6.45, 7) is 5.31. The summed E-state index contributed by atoms with van der Waals surface area (Å²) >= 11 is 0. The molecule has 154 valence electrons. The van der Waals surface area contributed by atoms with Crippen LogP contribution in [0.25, 0.3) is 11.3 Å². The molecule has 0 bridgehead atoms. The van der Waals surface area contributed by atoms with E-state index in [4.69, 9.17) is 0 Å². The van der Waals surface area contributed by atoms with Crippen LogP contribution >= 0.6 is 0 Å². The van der Waals surface area contributed by atoms with Crippen molar-refractivity contribution in [3.63, 3.8) is 0 Å². The zero-order chi connectivity index (χ0) is 21.1. The Balaban J connectivity index is 1.32. The minimum atomic E-state index is -0.274. The highest BCUT2D eigenvalue weighted by atomic mass is 16.2. The summed E-state index contributed by atoms with van der Waals surface area (Å²) in [5.41, 5.74) is 3.45. The Labute approximate surface area is 174 Å². The summed E-state index contributed by atoms with van der Waals surface area (Å²) < 4.78 is 1.84. The van der Waals surface area contributed by atoms with E-state index in [1.165, 1.54) is 0 Å². The molecule has 3 aromatic heterocycles. The third-order valence-electron chi connectivity index (χ3n) is 4.88. The SMILES string of the molecule is Cc1cncc(-c2ccc(NC(=O)CCC(=O)N3CCCn4nc(C)cc43)nn2)c1. The van der Waals surface area contributed by atoms with E-state index < -0.39 is 0 Å². The monoisotopic (exact) mass is 405 g/mol. The summed E-state index contributed by atoms with van der Waals surface area (Å²) in [6, 6.07) is 7.34. The van der Waals surface area contributed by atoms with Crippen LogP contribution in [0.4, 0.5) is 11.6 Å². The number of aromatic nitrogens is 5. The van der Waals surface area contributed by atoms with E-state index in [0.717, 1.165) is 35.6 Å². The van der Waals surface area contributed by atoms with Crippen molar-refractivity contribution in [1.29, 1.82) is 0 Å². The third-order valence-corrected chi connectivity index (χ3v) is 4.88. The highest BCUT2D eigenvalue weighted by Crippen LogP contribution is 2.23. The molecule has 0 aromatic carbocycles. The van der Waals surface area contributed by atoms with E-state index in [9.17, 15) is 9.59 Å². The standard InChI is InChI=1S/C21H23N7O2/c1-14-10-16(13-22-12-14)17-4-5-18(25-24-17)23-19(29)6-7-21(30)27-8-3-9-28-20(27)11-15(2)26-28/h4-5,10-13H,3,6-9H2,1-2H3,(H,23,25,29). The van der Waals surface area contributed by atoms with Gasteiger partial charge >= 0.3 is 0 Å². The van der Waals surface area contributed by atoms with E-state index in [-0.39, 0.29) is 24.7 Å². The van der Waals surface area contributed by atoms with Crippen LogP contribution < -0.4 is 10.2 Å². The number of anilines is 2. The molecule has 4 rings (SSSR count). The van der Waals surface area contributed by atoms with E-state index in [2.05, 4.69) is 25.6 Å². The maximum absolute atomic E-state index is 12.6. The molecule has 0 saturated carbocycles. The van der Waals surface area contributed by atoms with Crippen molar-refractivity contribution in [2.45, 2.75) is 39.7 Å². The van der Waals surface area contributed by atoms with Gasteiger partial charge in [0.1, 0.15) is 5.82 Å². The Morgan fingerprint density at radius 1 is 1.07 bits per heavy atom. The second-order valence-electron chi connectivity index (χ2n) is 7.37. The number of pyridine rings is 1. The number of nitrogens with one attached hydrogen (secondary N) is 1. The number of amides is 2. The molecule has 1 aliphatic rings. The van der Waals surface area contributed by atoms with Gasteiger partial charge in [0.25, 0.3) is 0 Å². The highest BCUT2D eigenvalue weighted by molar-refractivity contribution is 5.97. The average molecular weight is 405 g/mol. The smallest absolute Gasteiger partial charge is 0.228 e. The lowest BCUT2D eigenvalue weighted by molar-refractivity contribution is -0.122. The number of fused-ring (bicyclic) bond motifs is 1. The Hall–Kier alpha value is -3.62. The van der Waals surface area contributed by atoms with E-state index in [0.29, 0.717) is 18.1 Å². The molecule has 30 heavy (non-hydrogen) atoms. The Bertz CT molecular complexity index is 1080. The molecule has 9 heteroatoms. The molecule has 4 heterocycles. The van der Waals surface area contributed by atoms with Crippen LogP contribution in [0, 0.1) is 13.8 Å². The second kappa shape index (κ2) is 8.40. The Kier molecular flexibility index (Phi) is 5.51. The molecular formula is C21H23N7O2. The molecule has 0 unspecified atom stereocenters. The summed E-state index contributed by atoms with van der Waals surface area (Å²) in [6.07, 6.45) is 4.54. The minimum Gasteiger partial charge on any atom is -0.309 e. The molecular weight excluding hydrogens is 382 g/mol. The number of aryl methyl sites for hydroxylation is 3. The van der Waals surface area contributed by atoms with Gasteiger partial charge in [-0.2, -0.15) is 5.10 Å². The first-order valence-electron chi connectivity index (χ1n) is 9.90. The van der Waals surface area contributed by atoms with Gasteiger partial charge in [0.05, 0.1) is 11.4 Å². The Morgan fingerprint density at radius 3 is 2.70 bits per heavy atom. The number of hydrogen-bond donors (Lipinski definition) is 1. The molecule has 0 atom stereocenters. The molecule has 0 spiro atoms. The van der Waals surface area contributed by atoms with Crippen LogP contribution in [0.3, 0.4) is 0 Å². The van der Waals surface area contributed by atoms with Crippen molar-refractivity contribution in [1.82, 2.24) is 25.0 Å². The lowest BCUT2D eigenvalue weighted by Gasteiger charge is -2.27. The summed E-state index contributed by atoms with van der Waals surface area (Å²) in [7, 11) is 0. The zero-order valence-corrected chi connectivity index (χ0v) is 17.0. The Morgan fingerprint density at radius 2 is 1.93 bits per heavy atom. The van der Waals surface area contributed by atoms with E-state index in [1.807, 2.05) is 30.7 Å². The fourth-order valence-corrected chi connectivity index (χ4v) is 3.47. The van der Waals surface area contributed by atoms with Crippen LogP contribution in [0.5, 0.6) is 0 Å². The molecule has 0 fully saturated rings. The van der Waals surface area contributed by atoms with Crippen LogP contribution in [0.15, 0.2) is 36.7 Å². The predicted octanol–water partition coefficient (Wildman–Crippen LogP) is 2.51. The van der Waals surface area contributed by atoms with Gasteiger partial charge < -0.3 is 5.32 Å². The van der Waals surface area contributed by atoms with Crippen molar-refractivity contribution in [3.05, 3.63) is 47.9 Å². The lowest BCUT2D eigenvalue weighted by Crippen LogP contribution is -2.37. The van der Waals surface area contributed by atoms with Crippen molar-refractivity contribution in [2.75, 3.05) is 16.8 Å². The zero-order valence-electron chi connectivity index (χ0n) is 17.0. The maximum atomic E-state index is 12.6. The molecule has 1 N–H and O–H groups in total. The number of rotatable bonds is 5. The van der Waals surface area contributed by atoms with Gasteiger partial charge in [-0.05, 0) is 44.0 Å². The van der Waals surface area contributed by atoms with Gasteiger partial charge in [-0.15, -0.1) is 10.2 Å². The largest absolute Gasteiger partial charge is 0.309 e. The van der Waals surface area contributed by atoms with Crippen molar-refractivity contribution in [3.8, 4) is 11.3 Å². The second-order valence-corrected chi connectivity index (χ2v) is 7.37. The van der Waals surface area contributed by atoms with Crippen LogP contribution in [0.2, 0.25) is 0 Å². The highest BCUT2D eigenvalue weighted by Gasteiger charge is 2.24. The summed E-state index contributed by atoms with van der Waals surface area (Å²) in [4.78, 5) is 30.8. The summed E-state index contributed by atoms with van der Waals surface area (Å²) in [5.74, 6) is 0.795. The average Bonchev–Trinajstić information content (AvgIpc) is 3.12. The molecule has 0 radical (unpaired) electrons. The molecule has 3 aromatic rings. The molecule has 9 nitrogen and oxygen atoms in total. The van der Waals surface area contributed by atoms with Gasteiger partial charge in [-0.3, -0.25) is 19.5 Å². The molecule has 1 aliphatic heterocycles. The first-order valence-corrected chi connectivity index (χ1v) is 9.90. The van der Waals surface area contributed by atoms with Crippen molar-refractivity contribution in [2.24, 2.45) is 0 Å². The van der Waals surface area contributed by atoms with E-state index >= 15 is 0 Å². The first kappa shape index (κ1) is 19.7. The van der Waals surface area contributed by atoms with Gasteiger partial charge in [0.15, 0.2) is 5.82 Å². The molecule has 0 saturated heterocycles. The lowest BCUT2D eigenvalue weighted by atomic mass is 10.1. The molecule has 0 aliphatic carbocycles. The van der Waals surface area contributed by atoms with Gasteiger partial charge in [0.2, 0.25) is 11.8 Å². The van der Waals surface area contributed by atoms with Crippen LogP contribution in [0.1, 0.15) is 30.5 Å². The van der Waals surface area contributed by atoms with Crippen LogP contribution in [-0.2, 0) is 16.1 Å². The fourth-order valence-electron chi connectivity index (χ4n) is 3.47.